The highest BCUT2D eigenvalue weighted by atomic mass is 32.2. The highest BCUT2D eigenvalue weighted by molar-refractivity contribution is 7.99. The van der Waals surface area contributed by atoms with Gasteiger partial charge in [-0.15, -0.1) is 11.8 Å². The molecule has 3 atom stereocenters. The first kappa shape index (κ1) is 21.6. The van der Waals surface area contributed by atoms with Crippen LogP contribution in [-0.4, -0.2) is 58.5 Å². The van der Waals surface area contributed by atoms with Gasteiger partial charge in [-0.2, -0.15) is 11.8 Å². The molecule has 3 amide bonds. The standard InChI is InChI=1S/C22H29N3O3S2/c1-29-12-11-17(19(26)23-14-7-3-2-4-8-14)24-20(27)18-13-30-22-16-10-6-5-9-15(16)21(28)25(18)22/h5-6,9-10,14,17-18,22H,2-4,7-8,11-13H2,1H3,(H,23,26)(H,24,27)/t17-,18-,22?/m0/s1. The van der Waals surface area contributed by atoms with Crippen molar-refractivity contribution >= 4 is 41.2 Å². The number of nitrogens with one attached hydrogen (secondary N) is 2. The largest absolute Gasteiger partial charge is 0.352 e. The van der Waals surface area contributed by atoms with E-state index in [-0.39, 0.29) is 29.1 Å². The molecule has 1 aliphatic carbocycles. The molecule has 1 unspecified atom stereocenters. The second-order valence-electron chi connectivity index (χ2n) is 8.19. The molecule has 3 aliphatic rings. The monoisotopic (exact) mass is 447 g/mol. The molecule has 2 aliphatic heterocycles. The normalized spacial score (nSPS) is 24.3. The maximum atomic E-state index is 13.1. The van der Waals surface area contributed by atoms with Crippen molar-refractivity contribution in [3.8, 4) is 0 Å². The topological polar surface area (TPSA) is 78.5 Å². The molecule has 8 heteroatoms. The van der Waals surface area contributed by atoms with Crippen LogP contribution in [0.5, 0.6) is 0 Å². The van der Waals surface area contributed by atoms with Gasteiger partial charge < -0.3 is 15.5 Å². The molecule has 1 aromatic carbocycles. The van der Waals surface area contributed by atoms with Crippen LogP contribution in [0.4, 0.5) is 0 Å². The van der Waals surface area contributed by atoms with Gasteiger partial charge in [0, 0.05) is 17.4 Å². The van der Waals surface area contributed by atoms with Crippen LogP contribution in [0, 0.1) is 0 Å². The zero-order chi connectivity index (χ0) is 21.1. The van der Waals surface area contributed by atoms with Gasteiger partial charge in [0.15, 0.2) is 0 Å². The Balaban J connectivity index is 1.42. The Kier molecular flexibility index (Phi) is 6.93. The lowest BCUT2D eigenvalue weighted by Crippen LogP contribution is -2.54. The number of thioether (sulfide) groups is 2. The Hall–Kier alpha value is -1.67. The maximum absolute atomic E-state index is 13.1. The molecule has 0 radical (unpaired) electrons. The third-order valence-electron chi connectivity index (χ3n) is 6.19. The van der Waals surface area contributed by atoms with E-state index in [0.29, 0.717) is 17.7 Å². The Labute approximate surface area is 186 Å². The molecule has 162 valence electrons. The number of hydrogen-bond donors (Lipinski definition) is 2. The number of carbonyl (C=O) groups is 3. The van der Waals surface area contributed by atoms with Crippen LogP contribution < -0.4 is 10.6 Å². The summed E-state index contributed by atoms with van der Waals surface area (Å²) in [5.41, 5.74) is 1.67. The first-order chi connectivity index (χ1) is 14.6. The summed E-state index contributed by atoms with van der Waals surface area (Å²) < 4.78 is 0. The molecule has 1 aromatic rings. The molecule has 30 heavy (non-hydrogen) atoms. The van der Waals surface area contributed by atoms with Crippen molar-refractivity contribution in [1.82, 2.24) is 15.5 Å². The van der Waals surface area contributed by atoms with Crippen LogP contribution in [-0.2, 0) is 9.59 Å². The van der Waals surface area contributed by atoms with Crippen LogP contribution in [0.1, 0.15) is 59.8 Å². The molecule has 6 nitrogen and oxygen atoms in total. The molecule has 0 bridgehead atoms. The van der Waals surface area contributed by atoms with E-state index in [1.165, 1.54) is 6.42 Å². The fraction of sp³-hybridized carbons (Fsp3) is 0.591. The molecule has 2 N–H and O–H groups in total. The lowest BCUT2D eigenvalue weighted by molar-refractivity contribution is -0.131. The fourth-order valence-electron chi connectivity index (χ4n) is 4.56. The summed E-state index contributed by atoms with van der Waals surface area (Å²) in [5, 5.41) is 6.01. The van der Waals surface area contributed by atoms with Crippen molar-refractivity contribution in [2.24, 2.45) is 0 Å². The number of fused-ring (bicyclic) bond motifs is 3. The molecule has 1 saturated heterocycles. The number of hydrogen-bond acceptors (Lipinski definition) is 5. The fourth-order valence-corrected chi connectivity index (χ4v) is 6.50. The van der Waals surface area contributed by atoms with Gasteiger partial charge in [-0.3, -0.25) is 14.4 Å². The van der Waals surface area contributed by atoms with Gasteiger partial charge in [0.25, 0.3) is 5.91 Å². The van der Waals surface area contributed by atoms with Gasteiger partial charge in [0.2, 0.25) is 11.8 Å². The molecule has 4 rings (SSSR count). The van der Waals surface area contributed by atoms with Crippen molar-refractivity contribution in [2.45, 2.75) is 62.0 Å². The zero-order valence-electron chi connectivity index (χ0n) is 17.3. The number of carbonyl (C=O) groups excluding carboxylic acids is 3. The highest BCUT2D eigenvalue weighted by Gasteiger charge is 2.48. The van der Waals surface area contributed by atoms with E-state index < -0.39 is 12.1 Å². The van der Waals surface area contributed by atoms with E-state index in [9.17, 15) is 14.4 Å². The van der Waals surface area contributed by atoms with E-state index in [2.05, 4.69) is 10.6 Å². The number of amides is 3. The minimum atomic E-state index is -0.559. The second kappa shape index (κ2) is 9.64. The summed E-state index contributed by atoms with van der Waals surface area (Å²) in [5.74, 6) is 0.932. The van der Waals surface area contributed by atoms with Crippen LogP contribution in [0.15, 0.2) is 24.3 Å². The molecule has 2 fully saturated rings. The number of rotatable bonds is 7. The first-order valence-electron chi connectivity index (χ1n) is 10.7. The summed E-state index contributed by atoms with van der Waals surface area (Å²) in [4.78, 5) is 40.7. The number of nitrogens with zero attached hydrogens (tertiary/aromatic N) is 1. The van der Waals surface area contributed by atoms with E-state index in [0.717, 1.165) is 37.0 Å². The lowest BCUT2D eigenvalue weighted by Gasteiger charge is -2.28. The van der Waals surface area contributed by atoms with Crippen molar-refractivity contribution in [1.29, 1.82) is 0 Å². The van der Waals surface area contributed by atoms with Crippen LogP contribution in [0.25, 0.3) is 0 Å². The third kappa shape index (κ3) is 4.35. The van der Waals surface area contributed by atoms with E-state index in [1.807, 2.05) is 30.5 Å². The van der Waals surface area contributed by atoms with Crippen molar-refractivity contribution in [3.63, 3.8) is 0 Å². The smallest absolute Gasteiger partial charge is 0.256 e. The summed E-state index contributed by atoms with van der Waals surface area (Å²) >= 11 is 3.28. The van der Waals surface area contributed by atoms with Gasteiger partial charge in [-0.05, 0) is 42.9 Å². The predicted molar refractivity (Wildman–Crippen MR) is 122 cm³/mol. The second-order valence-corrected chi connectivity index (χ2v) is 10.3. The molecular formula is C22H29N3O3S2. The average molecular weight is 448 g/mol. The zero-order valence-corrected chi connectivity index (χ0v) is 18.9. The van der Waals surface area contributed by atoms with Gasteiger partial charge in [0.05, 0.1) is 0 Å². The van der Waals surface area contributed by atoms with Crippen LogP contribution in [0.2, 0.25) is 0 Å². The summed E-state index contributed by atoms with van der Waals surface area (Å²) in [7, 11) is 0. The molecule has 0 aromatic heterocycles. The third-order valence-corrected chi connectivity index (χ3v) is 8.14. The summed E-state index contributed by atoms with van der Waals surface area (Å²) in [6.07, 6.45) is 8.12. The quantitative estimate of drug-likeness (QED) is 0.672. The highest BCUT2D eigenvalue weighted by Crippen LogP contribution is 2.48. The minimum absolute atomic E-state index is 0.0897. The van der Waals surface area contributed by atoms with E-state index in [1.54, 1.807) is 28.4 Å². The van der Waals surface area contributed by atoms with E-state index >= 15 is 0 Å². The maximum Gasteiger partial charge on any atom is 0.256 e. The van der Waals surface area contributed by atoms with Gasteiger partial charge in [0.1, 0.15) is 17.5 Å². The van der Waals surface area contributed by atoms with Crippen molar-refractivity contribution in [2.75, 3.05) is 17.8 Å². The van der Waals surface area contributed by atoms with Crippen molar-refractivity contribution in [3.05, 3.63) is 35.4 Å². The van der Waals surface area contributed by atoms with E-state index in [4.69, 9.17) is 0 Å². The first-order valence-corrected chi connectivity index (χ1v) is 13.2. The Morgan fingerprint density at radius 2 is 2.00 bits per heavy atom. The molecule has 1 saturated carbocycles. The lowest BCUT2D eigenvalue weighted by atomic mass is 9.95. The number of benzene rings is 1. The Morgan fingerprint density at radius 3 is 2.77 bits per heavy atom. The van der Waals surface area contributed by atoms with Gasteiger partial charge >= 0.3 is 0 Å². The van der Waals surface area contributed by atoms with Gasteiger partial charge in [-0.1, -0.05) is 37.5 Å². The minimum Gasteiger partial charge on any atom is -0.352 e. The Morgan fingerprint density at radius 1 is 1.23 bits per heavy atom. The van der Waals surface area contributed by atoms with Crippen molar-refractivity contribution < 1.29 is 14.4 Å². The average Bonchev–Trinajstić information content (AvgIpc) is 3.32. The predicted octanol–water partition coefficient (Wildman–Crippen LogP) is 2.94. The summed E-state index contributed by atoms with van der Waals surface area (Å²) in [6.45, 7) is 0. The van der Waals surface area contributed by atoms with Crippen LogP contribution in [0.3, 0.4) is 0 Å². The Bertz CT molecular complexity index is 813. The summed E-state index contributed by atoms with van der Waals surface area (Å²) in [6, 6.07) is 6.68. The SMILES string of the molecule is CSCC[C@H](NC(=O)[C@@H]1CSC2c3ccccc3C(=O)N21)C(=O)NC1CCCCC1. The molecular weight excluding hydrogens is 418 g/mol. The molecule has 2 heterocycles. The van der Waals surface area contributed by atoms with Gasteiger partial charge in [-0.25, -0.2) is 0 Å². The molecule has 0 spiro atoms. The van der Waals surface area contributed by atoms with Crippen LogP contribution >= 0.6 is 23.5 Å².